The Balaban J connectivity index is 1.59. The summed E-state index contributed by atoms with van der Waals surface area (Å²) in [6, 6.07) is 14.0. The van der Waals surface area contributed by atoms with Crippen molar-refractivity contribution in [2.45, 2.75) is 27.2 Å². The van der Waals surface area contributed by atoms with Crippen LogP contribution in [0.1, 0.15) is 35.3 Å². The number of fused-ring (bicyclic) bond motifs is 1. The average molecular weight is 365 g/mol. The second kappa shape index (κ2) is 8.25. The lowest BCUT2D eigenvalue weighted by Crippen LogP contribution is -2.35. The van der Waals surface area contributed by atoms with E-state index in [9.17, 15) is 9.59 Å². The van der Waals surface area contributed by atoms with Crippen molar-refractivity contribution in [3.05, 3.63) is 59.2 Å². The molecule has 0 saturated carbocycles. The molecule has 0 aliphatic carbocycles. The highest BCUT2D eigenvalue weighted by Gasteiger charge is 2.23. The first kappa shape index (κ1) is 19.0. The maximum atomic E-state index is 12.5. The summed E-state index contributed by atoms with van der Waals surface area (Å²) in [5, 5.41) is 3.01. The smallest absolute Gasteiger partial charge is 0.251 e. The first-order valence-electron chi connectivity index (χ1n) is 9.50. The van der Waals surface area contributed by atoms with Crippen LogP contribution in [0.5, 0.6) is 0 Å². The lowest BCUT2D eigenvalue weighted by atomic mass is 10.1. The zero-order valence-electron chi connectivity index (χ0n) is 16.3. The van der Waals surface area contributed by atoms with Crippen LogP contribution < -0.4 is 15.1 Å². The van der Waals surface area contributed by atoms with Crippen LogP contribution in [0.3, 0.4) is 0 Å². The monoisotopic (exact) mass is 365 g/mol. The second-order valence-electron chi connectivity index (χ2n) is 6.94. The summed E-state index contributed by atoms with van der Waals surface area (Å²) in [5.74, 6) is -0.0267. The van der Waals surface area contributed by atoms with Gasteiger partial charge in [0.05, 0.1) is 0 Å². The van der Waals surface area contributed by atoms with E-state index in [1.807, 2.05) is 12.1 Å². The molecule has 2 aromatic rings. The highest BCUT2D eigenvalue weighted by atomic mass is 16.2. The normalized spacial score (nSPS) is 12.6. The van der Waals surface area contributed by atoms with Crippen LogP contribution in [0.2, 0.25) is 0 Å². The van der Waals surface area contributed by atoms with E-state index in [0.29, 0.717) is 18.7 Å². The number of amides is 2. The summed E-state index contributed by atoms with van der Waals surface area (Å²) in [6.45, 7) is 8.69. The molecule has 1 heterocycles. The molecule has 0 spiro atoms. The molecular formula is C22H27N3O2. The molecule has 1 aliphatic heterocycles. The van der Waals surface area contributed by atoms with Gasteiger partial charge < -0.3 is 15.1 Å². The van der Waals surface area contributed by atoms with E-state index < -0.39 is 0 Å². The summed E-state index contributed by atoms with van der Waals surface area (Å²) in [6.07, 6.45) is 0.799. The minimum Gasteiger partial charge on any atom is -0.370 e. The molecule has 27 heavy (non-hydrogen) atoms. The Labute approximate surface area is 161 Å². The van der Waals surface area contributed by atoms with Gasteiger partial charge in [0.15, 0.2) is 0 Å². The number of nitrogens with one attached hydrogen (secondary N) is 1. The van der Waals surface area contributed by atoms with Crippen LogP contribution in [0.25, 0.3) is 0 Å². The zero-order chi connectivity index (χ0) is 19.4. The van der Waals surface area contributed by atoms with E-state index in [0.717, 1.165) is 30.8 Å². The molecular weight excluding hydrogens is 338 g/mol. The number of anilines is 2. The molecule has 0 atom stereocenters. The fraction of sp³-hybridized carbons (Fsp3) is 0.364. The molecule has 0 bridgehead atoms. The second-order valence-corrected chi connectivity index (χ2v) is 6.94. The van der Waals surface area contributed by atoms with Crippen LogP contribution in [-0.4, -0.2) is 38.0 Å². The first-order valence-corrected chi connectivity index (χ1v) is 9.50. The number of hydrogen-bond donors (Lipinski definition) is 1. The largest absolute Gasteiger partial charge is 0.370 e. The minimum atomic E-state index is -0.0700. The molecule has 0 aromatic heterocycles. The molecule has 3 rings (SSSR count). The third kappa shape index (κ3) is 4.30. The molecule has 0 unspecified atom stereocenters. The van der Waals surface area contributed by atoms with E-state index >= 15 is 0 Å². The van der Waals surface area contributed by atoms with Crippen molar-refractivity contribution < 1.29 is 9.59 Å². The fourth-order valence-corrected chi connectivity index (χ4v) is 3.57. The minimum absolute atomic E-state index is 0.0433. The van der Waals surface area contributed by atoms with Crippen LogP contribution >= 0.6 is 0 Å². The molecule has 2 amide bonds. The third-order valence-electron chi connectivity index (χ3n) is 5.03. The molecule has 1 N–H and O–H groups in total. The molecule has 142 valence electrons. The Morgan fingerprint density at radius 3 is 2.70 bits per heavy atom. The van der Waals surface area contributed by atoms with Gasteiger partial charge in [-0.05, 0) is 61.7 Å². The van der Waals surface area contributed by atoms with Gasteiger partial charge in [-0.3, -0.25) is 9.59 Å². The van der Waals surface area contributed by atoms with Crippen molar-refractivity contribution in [1.29, 1.82) is 0 Å². The Morgan fingerprint density at radius 2 is 2.00 bits per heavy atom. The molecule has 1 aliphatic rings. The summed E-state index contributed by atoms with van der Waals surface area (Å²) in [5.41, 5.74) is 5.04. The number of nitrogens with zero attached hydrogens (tertiary/aromatic N) is 2. The molecule has 0 fully saturated rings. The van der Waals surface area contributed by atoms with Gasteiger partial charge >= 0.3 is 0 Å². The van der Waals surface area contributed by atoms with Crippen LogP contribution in [0.4, 0.5) is 11.4 Å². The Bertz CT molecular complexity index is 847. The number of carbonyl (C=O) groups is 2. The van der Waals surface area contributed by atoms with Gasteiger partial charge in [-0.15, -0.1) is 0 Å². The quantitative estimate of drug-likeness (QED) is 0.856. The van der Waals surface area contributed by atoms with Gasteiger partial charge in [-0.1, -0.05) is 12.1 Å². The number of rotatable bonds is 6. The summed E-state index contributed by atoms with van der Waals surface area (Å²) < 4.78 is 0. The summed E-state index contributed by atoms with van der Waals surface area (Å²) >= 11 is 0. The summed E-state index contributed by atoms with van der Waals surface area (Å²) in [7, 11) is 0. The predicted octanol–water partition coefficient (Wildman–Crippen LogP) is 3.16. The lowest BCUT2D eigenvalue weighted by Gasteiger charge is -2.23. The molecule has 5 heteroatoms. The van der Waals surface area contributed by atoms with Crippen LogP contribution in [0.15, 0.2) is 42.5 Å². The van der Waals surface area contributed by atoms with Crippen molar-refractivity contribution in [2.24, 2.45) is 0 Å². The van der Waals surface area contributed by atoms with E-state index in [1.165, 1.54) is 11.3 Å². The first-order chi connectivity index (χ1) is 13.0. The molecule has 0 radical (unpaired) electrons. The molecule has 0 saturated heterocycles. The summed E-state index contributed by atoms with van der Waals surface area (Å²) in [4.78, 5) is 28.2. The predicted molar refractivity (Wildman–Crippen MR) is 110 cm³/mol. The Morgan fingerprint density at radius 1 is 1.19 bits per heavy atom. The van der Waals surface area contributed by atoms with Crippen LogP contribution in [0, 0.1) is 6.92 Å². The van der Waals surface area contributed by atoms with Gasteiger partial charge in [-0.25, -0.2) is 0 Å². The standard InChI is InChI=1S/C22H27N3O2/c1-4-24(20-7-5-6-16(2)14-20)13-11-23-22(27)19-8-9-21-18(15-19)10-12-25(21)17(3)26/h5-9,14-15H,4,10-13H2,1-3H3,(H,23,27). The van der Waals surface area contributed by atoms with E-state index in [-0.39, 0.29) is 11.8 Å². The lowest BCUT2D eigenvalue weighted by molar-refractivity contribution is -0.116. The van der Waals surface area contributed by atoms with Crippen molar-refractivity contribution in [3.63, 3.8) is 0 Å². The van der Waals surface area contributed by atoms with Gasteiger partial charge in [0.1, 0.15) is 0 Å². The Hall–Kier alpha value is -2.82. The maximum Gasteiger partial charge on any atom is 0.251 e. The number of hydrogen-bond acceptors (Lipinski definition) is 3. The zero-order valence-corrected chi connectivity index (χ0v) is 16.3. The SMILES string of the molecule is CCN(CCNC(=O)c1ccc2c(c1)CCN2C(C)=O)c1cccc(C)c1. The third-order valence-corrected chi connectivity index (χ3v) is 5.03. The van der Waals surface area contributed by atoms with Crippen molar-refractivity contribution in [3.8, 4) is 0 Å². The molecule has 2 aromatic carbocycles. The van der Waals surface area contributed by atoms with E-state index in [1.54, 1.807) is 17.9 Å². The van der Waals surface area contributed by atoms with Crippen LogP contribution in [-0.2, 0) is 11.2 Å². The number of carbonyl (C=O) groups excluding carboxylic acids is 2. The van der Waals surface area contributed by atoms with Crippen molar-refractivity contribution in [1.82, 2.24) is 5.32 Å². The maximum absolute atomic E-state index is 12.5. The topological polar surface area (TPSA) is 52.7 Å². The highest BCUT2D eigenvalue weighted by molar-refractivity contribution is 5.97. The fourth-order valence-electron chi connectivity index (χ4n) is 3.57. The van der Waals surface area contributed by atoms with Gasteiger partial charge in [0.25, 0.3) is 5.91 Å². The number of aryl methyl sites for hydroxylation is 1. The Kier molecular flexibility index (Phi) is 5.79. The number of benzene rings is 2. The van der Waals surface area contributed by atoms with Gasteiger partial charge in [0.2, 0.25) is 5.91 Å². The molecule has 5 nitrogen and oxygen atoms in total. The van der Waals surface area contributed by atoms with E-state index in [4.69, 9.17) is 0 Å². The van der Waals surface area contributed by atoms with E-state index in [2.05, 4.69) is 48.3 Å². The van der Waals surface area contributed by atoms with Gasteiger partial charge in [-0.2, -0.15) is 0 Å². The van der Waals surface area contributed by atoms with Crippen molar-refractivity contribution >= 4 is 23.2 Å². The van der Waals surface area contributed by atoms with Gasteiger partial charge in [0, 0.05) is 50.0 Å². The highest BCUT2D eigenvalue weighted by Crippen LogP contribution is 2.28. The van der Waals surface area contributed by atoms with Crippen molar-refractivity contribution in [2.75, 3.05) is 36.0 Å². The average Bonchev–Trinajstić information content (AvgIpc) is 3.08. The number of likely N-dealkylation sites (N-methyl/N-ethyl adjacent to an activating group) is 1.